The van der Waals surface area contributed by atoms with Gasteiger partial charge in [-0.25, -0.2) is 10.8 Å². The van der Waals surface area contributed by atoms with E-state index in [-0.39, 0.29) is 0 Å². The summed E-state index contributed by atoms with van der Waals surface area (Å²) in [6, 6.07) is 4.21. The Hall–Kier alpha value is -1.21. The van der Waals surface area contributed by atoms with Crippen molar-refractivity contribution >= 4 is 5.82 Å². The molecule has 0 saturated heterocycles. The van der Waals surface area contributed by atoms with E-state index in [1.807, 2.05) is 18.3 Å². The molecular formula is C13H24N4O2. The van der Waals surface area contributed by atoms with Gasteiger partial charge in [0.15, 0.2) is 0 Å². The van der Waals surface area contributed by atoms with Crippen molar-refractivity contribution in [1.82, 2.24) is 9.88 Å². The van der Waals surface area contributed by atoms with E-state index in [9.17, 15) is 0 Å². The molecule has 1 aromatic heterocycles. The van der Waals surface area contributed by atoms with Crippen LogP contribution in [-0.4, -0.2) is 49.9 Å². The smallest absolute Gasteiger partial charge is 0.139 e. The molecule has 0 bridgehead atoms. The number of rotatable bonds is 9. The summed E-state index contributed by atoms with van der Waals surface area (Å²) in [5, 5.41) is 0. The summed E-state index contributed by atoms with van der Waals surface area (Å²) in [4.78, 5) is 6.52. The number of ether oxygens (including phenoxy) is 2. The lowest BCUT2D eigenvalue weighted by Gasteiger charge is -2.28. The molecule has 1 heterocycles. The molecule has 19 heavy (non-hydrogen) atoms. The third-order valence-corrected chi connectivity index (χ3v) is 2.97. The summed E-state index contributed by atoms with van der Waals surface area (Å²) in [5.41, 5.74) is 3.66. The normalized spacial score (nSPS) is 12.7. The molecule has 6 nitrogen and oxygen atoms in total. The molecule has 0 radical (unpaired) electrons. The molecule has 1 aromatic rings. The summed E-state index contributed by atoms with van der Waals surface area (Å²) in [6.07, 6.45) is 1.83. The van der Waals surface area contributed by atoms with Gasteiger partial charge < -0.3 is 14.9 Å². The van der Waals surface area contributed by atoms with Crippen LogP contribution in [0.4, 0.5) is 5.82 Å². The number of methoxy groups -OCH3 is 2. The first kappa shape index (κ1) is 15.8. The maximum absolute atomic E-state index is 5.30. The van der Waals surface area contributed by atoms with E-state index in [0.717, 1.165) is 18.7 Å². The molecule has 0 aliphatic rings. The molecule has 0 aliphatic heterocycles. The predicted molar refractivity (Wildman–Crippen MR) is 75.7 cm³/mol. The van der Waals surface area contributed by atoms with Crippen molar-refractivity contribution in [3.8, 4) is 0 Å². The number of aromatic nitrogens is 1. The van der Waals surface area contributed by atoms with E-state index in [0.29, 0.717) is 25.1 Å². The monoisotopic (exact) mass is 268 g/mol. The lowest BCUT2D eigenvalue weighted by atomic mass is 10.2. The Morgan fingerprint density at radius 1 is 1.37 bits per heavy atom. The largest absolute Gasteiger partial charge is 0.383 e. The number of anilines is 1. The molecule has 108 valence electrons. The fraction of sp³-hybridized carbons (Fsp3) is 0.615. The van der Waals surface area contributed by atoms with Gasteiger partial charge in [0.1, 0.15) is 5.82 Å². The van der Waals surface area contributed by atoms with Gasteiger partial charge in [-0.05, 0) is 18.6 Å². The zero-order valence-corrected chi connectivity index (χ0v) is 11.9. The van der Waals surface area contributed by atoms with Gasteiger partial charge >= 0.3 is 0 Å². The van der Waals surface area contributed by atoms with Crippen molar-refractivity contribution in [2.45, 2.75) is 19.5 Å². The molecule has 3 N–H and O–H groups in total. The first-order valence-corrected chi connectivity index (χ1v) is 6.34. The van der Waals surface area contributed by atoms with Crippen LogP contribution in [0.1, 0.15) is 12.5 Å². The average Bonchev–Trinajstić information content (AvgIpc) is 2.44. The summed E-state index contributed by atoms with van der Waals surface area (Å²) >= 11 is 0. The fourth-order valence-corrected chi connectivity index (χ4v) is 1.85. The number of hydrogen-bond acceptors (Lipinski definition) is 6. The number of pyridine rings is 1. The molecule has 1 atom stereocenters. The molecule has 0 aliphatic carbocycles. The zero-order chi connectivity index (χ0) is 14.1. The van der Waals surface area contributed by atoms with E-state index in [4.69, 9.17) is 15.3 Å². The fourth-order valence-electron chi connectivity index (χ4n) is 1.85. The van der Waals surface area contributed by atoms with Crippen molar-refractivity contribution in [2.75, 3.05) is 39.4 Å². The molecule has 0 spiro atoms. The predicted octanol–water partition coefficient (Wildman–Crippen LogP) is 0.850. The molecule has 0 fully saturated rings. The van der Waals surface area contributed by atoms with Crippen molar-refractivity contribution in [3.63, 3.8) is 0 Å². The summed E-state index contributed by atoms with van der Waals surface area (Å²) in [7, 11) is 3.43. The number of nitrogens with zero attached hydrogens (tertiary/aromatic N) is 2. The van der Waals surface area contributed by atoms with Crippen molar-refractivity contribution < 1.29 is 9.47 Å². The van der Waals surface area contributed by atoms with E-state index >= 15 is 0 Å². The Balaban J connectivity index is 2.63. The Morgan fingerprint density at radius 2 is 2.16 bits per heavy atom. The maximum atomic E-state index is 5.30. The third-order valence-electron chi connectivity index (χ3n) is 2.97. The van der Waals surface area contributed by atoms with Gasteiger partial charge in [-0.3, -0.25) is 4.90 Å². The van der Waals surface area contributed by atoms with Crippen molar-refractivity contribution in [2.24, 2.45) is 5.84 Å². The Morgan fingerprint density at radius 3 is 2.68 bits per heavy atom. The second kappa shape index (κ2) is 8.82. The molecule has 1 unspecified atom stereocenters. The van der Waals surface area contributed by atoms with Gasteiger partial charge in [0.25, 0.3) is 0 Å². The quantitative estimate of drug-likeness (QED) is 0.511. The van der Waals surface area contributed by atoms with Gasteiger partial charge in [-0.2, -0.15) is 0 Å². The topological polar surface area (TPSA) is 72.6 Å². The number of nitrogens with one attached hydrogen (secondary N) is 1. The number of hydrogen-bond donors (Lipinski definition) is 2. The van der Waals surface area contributed by atoms with Crippen LogP contribution in [0.5, 0.6) is 0 Å². The molecule has 0 saturated carbocycles. The van der Waals surface area contributed by atoms with E-state index in [2.05, 4.69) is 22.2 Å². The second-order valence-corrected chi connectivity index (χ2v) is 4.46. The van der Waals surface area contributed by atoms with Gasteiger partial charge in [0, 0.05) is 39.5 Å². The van der Waals surface area contributed by atoms with Crippen LogP contribution < -0.4 is 11.3 Å². The van der Waals surface area contributed by atoms with E-state index in [1.54, 1.807) is 14.2 Å². The van der Waals surface area contributed by atoms with Crippen molar-refractivity contribution in [3.05, 3.63) is 23.9 Å². The number of nitrogen functional groups attached to an aromatic ring is 1. The number of hydrazine groups is 1. The Labute approximate surface area is 114 Å². The SMILES string of the molecule is COCCN(Cc1ccc(NN)nc1)C(C)COC. The third kappa shape index (κ3) is 5.52. The molecule has 6 heteroatoms. The van der Waals surface area contributed by atoms with E-state index < -0.39 is 0 Å². The minimum absolute atomic E-state index is 0.326. The highest BCUT2D eigenvalue weighted by atomic mass is 16.5. The van der Waals surface area contributed by atoms with Crippen LogP contribution in [0.2, 0.25) is 0 Å². The highest BCUT2D eigenvalue weighted by molar-refractivity contribution is 5.33. The van der Waals surface area contributed by atoms with Gasteiger partial charge in [0.2, 0.25) is 0 Å². The zero-order valence-electron chi connectivity index (χ0n) is 11.9. The molecule has 1 rings (SSSR count). The van der Waals surface area contributed by atoms with Crippen molar-refractivity contribution in [1.29, 1.82) is 0 Å². The highest BCUT2D eigenvalue weighted by Gasteiger charge is 2.14. The molecular weight excluding hydrogens is 244 g/mol. The first-order chi connectivity index (χ1) is 9.21. The van der Waals surface area contributed by atoms with Crippen LogP contribution in [0.3, 0.4) is 0 Å². The Kier molecular flexibility index (Phi) is 7.35. The minimum atomic E-state index is 0.326. The molecule has 0 aromatic carbocycles. The highest BCUT2D eigenvalue weighted by Crippen LogP contribution is 2.10. The number of nitrogens with two attached hydrogens (primary N) is 1. The second-order valence-electron chi connectivity index (χ2n) is 4.46. The summed E-state index contributed by atoms with van der Waals surface area (Å²) in [6.45, 7) is 5.20. The van der Waals surface area contributed by atoms with Gasteiger partial charge in [-0.15, -0.1) is 0 Å². The van der Waals surface area contributed by atoms with E-state index in [1.165, 1.54) is 0 Å². The van der Waals surface area contributed by atoms with Crippen LogP contribution in [-0.2, 0) is 16.0 Å². The lowest BCUT2D eigenvalue weighted by molar-refractivity contribution is 0.0704. The van der Waals surface area contributed by atoms with Gasteiger partial charge in [0.05, 0.1) is 13.2 Å². The standard InChI is InChI=1S/C13H24N4O2/c1-11(10-19-3)17(6-7-18-2)9-12-4-5-13(16-14)15-8-12/h4-5,8,11H,6-7,9-10,14H2,1-3H3,(H,15,16). The minimum Gasteiger partial charge on any atom is -0.383 e. The first-order valence-electron chi connectivity index (χ1n) is 6.34. The van der Waals surface area contributed by atoms with Crippen LogP contribution >= 0.6 is 0 Å². The van der Waals surface area contributed by atoms with Crippen LogP contribution in [0.15, 0.2) is 18.3 Å². The molecule has 0 amide bonds. The maximum Gasteiger partial charge on any atom is 0.139 e. The average molecular weight is 268 g/mol. The van der Waals surface area contributed by atoms with Crippen LogP contribution in [0, 0.1) is 0 Å². The summed E-state index contributed by atoms with van der Waals surface area (Å²) < 4.78 is 10.4. The lowest BCUT2D eigenvalue weighted by Crippen LogP contribution is -2.38. The summed E-state index contributed by atoms with van der Waals surface area (Å²) in [5.74, 6) is 5.96. The van der Waals surface area contributed by atoms with Gasteiger partial charge in [-0.1, -0.05) is 6.07 Å². The van der Waals surface area contributed by atoms with Crippen LogP contribution in [0.25, 0.3) is 0 Å². The Bertz CT molecular complexity index is 345.